The molecule has 1 aromatic carbocycles. The summed E-state index contributed by atoms with van der Waals surface area (Å²) in [5.74, 6) is 0.732. The topological polar surface area (TPSA) is 71.3 Å². The number of carbonyl (C=O) groups is 1. The molecule has 0 heterocycles. The maximum Gasteiger partial charge on any atom is 0.251 e. The van der Waals surface area contributed by atoms with Crippen molar-refractivity contribution in [2.24, 2.45) is 5.92 Å². The zero-order valence-electron chi connectivity index (χ0n) is 12.1. The maximum atomic E-state index is 12.0. The molecular weight excluding hydrogens is 256 g/mol. The van der Waals surface area contributed by atoms with Crippen LogP contribution in [0.3, 0.4) is 0 Å². The highest BCUT2D eigenvalue weighted by atomic mass is 16.5. The molecule has 1 rings (SSSR count). The Morgan fingerprint density at radius 1 is 1.30 bits per heavy atom. The third-order valence-electron chi connectivity index (χ3n) is 2.59. The van der Waals surface area contributed by atoms with Gasteiger partial charge < -0.3 is 14.8 Å². The summed E-state index contributed by atoms with van der Waals surface area (Å²) < 4.78 is 10.9. The van der Waals surface area contributed by atoms with Crippen molar-refractivity contribution in [3.63, 3.8) is 0 Å². The average molecular weight is 276 g/mol. The van der Waals surface area contributed by atoms with Crippen molar-refractivity contribution < 1.29 is 14.3 Å². The number of hydrogen-bond acceptors (Lipinski definition) is 4. The smallest absolute Gasteiger partial charge is 0.251 e. The fourth-order valence-electron chi connectivity index (χ4n) is 1.59. The van der Waals surface area contributed by atoms with E-state index in [4.69, 9.17) is 14.7 Å². The van der Waals surface area contributed by atoms with E-state index in [1.165, 1.54) is 0 Å². The van der Waals surface area contributed by atoms with Gasteiger partial charge in [-0.05, 0) is 39.0 Å². The van der Waals surface area contributed by atoms with Crippen molar-refractivity contribution in [1.82, 2.24) is 5.32 Å². The van der Waals surface area contributed by atoms with Crippen LogP contribution >= 0.6 is 0 Å². The Morgan fingerprint density at radius 2 is 1.95 bits per heavy atom. The predicted octanol–water partition coefficient (Wildman–Crippen LogP) is 2.37. The van der Waals surface area contributed by atoms with Crippen molar-refractivity contribution in [2.45, 2.75) is 20.8 Å². The predicted molar refractivity (Wildman–Crippen MR) is 75.9 cm³/mol. The molecule has 1 amide bonds. The number of nitrogens with one attached hydrogen (secondary N) is 1. The monoisotopic (exact) mass is 276 g/mol. The summed E-state index contributed by atoms with van der Waals surface area (Å²) >= 11 is 0. The van der Waals surface area contributed by atoms with Gasteiger partial charge in [0.25, 0.3) is 5.91 Å². The molecule has 1 atom stereocenters. The lowest BCUT2D eigenvalue weighted by molar-refractivity contribution is 0.0950. The zero-order chi connectivity index (χ0) is 15.0. The van der Waals surface area contributed by atoms with Crippen molar-refractivity contribution in [3.05, 3.63) is 23.8 Å². The van der Waals surface area contributed by atoms with Crippen molar-refractivity contribution in [3.8, 4) is 17.6 Å². The molecule has 0 saturated heterocycles. The minimum atomic E-state index is -0.226. The number of hydrogen-bond donors (Lipinski definition) is 1. The number of carbonyl (C=O) groups excluding carboxylic acids is 1. The summed E-state index contributed by atoms with van der Waals surface area (Å²) in [7, 11) is 0. The van der Waals surface area contributed by atoms with Crippen LogP contribution in [0.1, 0.15) is 31.1 Å². The van der Waals surface area contributed by atoms with Gasteiger partial charge in [0, 0.05) is 12.1 Å². The van der Waals surface area contributed by atoms with E-state index in [9.17, 15) is 4.79 Å². The van der Waals surface area contributed by atoms with E-state index in [0.717, 1.165) is 0 Å². The molecule has 0 fully saturated rings. The lowest BCUT2D eigenvalue weighted by atomic mass is 10.1. The highest BCUT2D eigenvalue weighted by Crippen LogP contribution is 2.28. The molecule has 1 aromatic rings. The lowest BCUT2D eigenvalue weighted by Crippen LogP contribution is -2.27. The number of rotatable bonds is 7. The molecule has 0 radical (unpaired) electrons. The fourth-order valence-corrected chi connectivity index (χ4v) is 1.59. The average Bonchev–Trinajstić information content (AvgIpc) is 2.46. The zero-order valence-corrected chi connectivity index (χ0v) is 12.1. The lowest BCUT2D eigenvalue weighted by Gasteiger charge is -2.12. The van der Waals surface area contributed by atoms with Crippen LogP contribution in [0.4, 0.5) is 0 Å². The standard InChI is InChI=1S/C15H20N2O3/c1-4-19-13-7-6-12(8-14(13)20-5-2)15(18)17-10-11(3)9-16/h6-8,11H,4-5,10H2,1-3H3,(H,17,18). The third kappa shape index (κ3) is 4.47. The second kappa shape index (κ2) is 8.05. The van der Waals surface area contributed by atoms with Gasteiger partial charge in [0.15, 0.2) is 11.5 Å². The molecule has 0 aliphatic heterocycles. The normalized spacial score (nSPS) is 11.3. The van der Waals surface area contributed by atoms with E-state index < -0.39 is 0 Å². The second-order valence-corrected chi connectivity index (χ2v) is 4.27. The van der Waals surface area contributed by atoms with Crippen molar-refractivity contribution in [2.75, 3.05) is 19.8 Å². The summed E-state index contributed by atoms with van der Waals surface area (Å²) in [5.41, 5.74) is 0.488. The maximum absolute atomic E-state index is 12.0. The van der Waals surface area contributed by atoms with E-state index in [1.54, 1.807) is 25.1 Å². The molecule has 1 N–H and O–H groups in total. The number of amides is 1. The molecule has 1 unspecified atom stereocenters. The molecule has 0 aromatic heterocycles. The van der Waals surface area contributed by atoms with Crippen LogP contribution in [-0.2, 0) is 0 Å². The first-order valence-electron chi connectivity index (χ1n) is 6.69. The first-order valence-corrected chi connectivity index (χ1v) is 6.69. The molecule has 20 heavy (non-hydrogen) atoms. The number of nitriles is 1. The van der Waals surface area contributed by atoms with Crippen LogP contribution in [0, 0.1) is 17.2 Å². The summed E-state index contributed by atoms with van der Waals surface area (Å²) in [6, 6.07) is 7.12. The van der Waals surface area contributed by atoms with E-state index in [1.807, 2.05) is 13.8 Å². The van der Waals surface area contributed by atoms with Crippen LogP contribution < -0.4 is 14.8 Å². The highest BCUT2D eigenvalue weighted by molar-refractivity contribution is 5.94. The largest absolute Gasteiger partial charge is 0.490 e. The van der Waals surface area contributed by atoms with Gasteiger partial charge in [0.1, 0.15) is 0 Å². The minimum absolute atomic E-state index is 0.215. The first kappa shape index (κ1) is 15.8. The molecule has 0 aliphatic rings. The van der Waals surface area contributed by atoms with E-state index in [2.05, 4.69) is 11.4 Å². The molecular formula is C15H20N2O3. The summed E-state index contributed by atoms with van der Waals surface area (Å²) in [6.45, 7) is 6.87. The van der Waals surface area contributed by atoms with Crippen molar-refractivity contribution >= 4 is 5.91 Å². The summed E-state index contributed by atoms with van der Waals surface area (Å²) in [5, 5.41) is 11.4. The van der Waals surface area contributed by atoms with Gasteiger partial charge in [0.2, 0.25) is 0 Å². The Labute approximate surface area is 119 Å². The van der Waals surface area contributed by atoms with Gasteiger partial charge in [-0.2, -0.15) is 5.26 Å². The van der Waals surface area contributed by atoms with Crippen LogP contribution in [0.2, 0.25) is 0 Å². The van der Waals surface area contributed by atoms with Gasteiger partial charge in [-0.3, -0.25) is 4.79 Å². The summed E-state index contributed by atoms with van der Waals surface area (Å²) in [4.78, 5) is 12.0. The van der Waals surface area contributed by atoms with Crippen molar-refractivity contribution in [1.29, 1.82) is 5.26 Å². The second-order valence-electron chi connectivity index (χ2n) is 4.27. The molecule has 108 valence electrons. The Balaban J connectivity index is 2.82. The SMILES string of the molecule is CCOc1ccc(C(=O)NCC(C)C#N)cc1OCC. The molecule has 0 bridgehead atoms. The van der Waals surface area contributed by atoms with E-state index in [0.29, 0.717) is 36.8 Å². The van der Waals surface area contributed by atoms with Gasteiger partial charge in [-0.25, -0.2) is 0 Å². The van der Waals surface area contributed by atoms with Gasteiger partial charge in [0.05, 0.1) is 25.2 Å². The molecule has 5 heteroatoms. The quantitative estimate of drug-likeness (QED) is 0.830. The Kier molecular flexibility index (Phi) is 6.38. The molecule has 0 aliphatic carbocycles. The van der Waals surface area contributed by atoms with Gasteiger partial charge in [-0.15, -0.1) is 0 Å². The first-order chi connectivity index (χ1) is 9.62. The number of benzene rings is 1. The van der Waals surface area contributed by atoms with Crippen LogP contribution in [0.5, 0.6) is 11.5 Å². The summed E-state index contributed by atoms with van der Waals surface area (Å²) in [6.07, 6.45) is 0. The minimum Gasteiger partial charge on any atom is -0.490 e. The third-order valence-corrected chi connectivity index (χ3v) is 2.59. The Bertz CT molecular complexity index is 494. The fraction of sp³-hybridized carbons (Fsp3) is 0.467. The van der Waals surface area contributed by atoms with Gasteiger partial charge in [-0.1, -0.05) is 0 Å². The van der Waals surface area contributed by atoms with Gasteiger partial charge >= 0.3 is 0 Å². The number of nitrogens with zero attached hydrogens (tertiary/aromatic N) is 1. The molecule has 0 saturated carbocycles. The van der Waals surface area contributed by atoms with Crippen LogP contribution in [0.25, 0.3) is 0 Å². The highest BCUT2D eigenvalue weighted by Gasteiger charge is 2.12. The number of ether oxygens (including phenoxy) is 2. The Morgan fingerprint density at radius 3 is 2.55 bits per heavy atom. The Hall–Kier alpha value is -2.22. The van der Waals surface area contributed by atoms with E-state index in [-0.39, 0.29) is 11.8 Å². The molecule has 0 spiro atoms. The molecule has 5 nitrogen and oxygen atoms in total. The van der Waals surface area contributed by atoms with E-state index >= 15 is 0 Å². The van der Waals surface area contributed by atoms with Crippen LogP contribution in [-0.4, -0.2) is 25.7 Å². The van der Waals surface area contributed by atoms with Crippen LogP contribution in [0.15, 0.2) is 18.2 Å².